The minimum Gasteiger partial charge on any atom is -0.493 e. The summed E-state index contributed by atoms with van der Waals surface area (Å²) in [4.78, 5) is 1.31. The van der Waals surface area contributed by atoms with Gasteiger partial charge in [-0.3, -0.25) is 0 Å². The van der Waals surface area contributed by atoms with Crippen LogP contribution in [0.1, 0.15) is 21.6 Å². The third-order valence-corrected chi connectivity index (χ3v) is 3.97. The zero-order valence-corrected chi connectivity index (χ0v) is 12.4. The molecule has 0 aliphatic heterocycles. The van der Waals surface area contributed by atoms with Crippen LogP contribution in [-0.2, 0) is 6.42 Å². The lowest BCUT2D eigenvalue weighted by atomic mass is 10.1. The molecular formula is C15H18N2O2S. The van der Waals surface area contributed by atoms with Crippen molar-refractivity contribution < 1.29 is 9.94 Å². The normalized spacial score (nSPS) is 11.6. The van der Waals surface area contributed by atoms with Crippen molar-refractivity contribution in [3.63, 3.8) is 0 Å². The van der Waals surface area contributed by atoms with Gasteiger partial charge in [-0.2, -0.15) is 0 Å². The fourth-order valence-electron chi connectivity index (χ4n) is 2.09. The lowest BCUT2D eigenvalue weighted by molar-refractivity contribution is 0.317. The van der Waals surface area contributed by atoms with Gasteiger partial charge in [-0.15, -0.1) is 11.3 Å². The van der Waals surface area contributed by atoms with Crippen molar-refractivity contribution in [2.45, 2.75) is 20.3 Å². The fourth-order valence-corrected chi connectivity index (χ4v) is 2.78. The van der Waals surface area contributed by atoms with Crippen LogP contribution in [0, 0.1) is 13.8 Å². The molecule has 0 aliphatic rings. The lowest BCUT2D eigenvalue weighted by Crippen LogP contribution is -2.14. The second-order valence-corrected chi connectivity index (χ2v) is 5.63. The first kappa shape index (κ1) is 14.4. The maximum atomic E-state index is 8.72. The van der Waals surface area contributed by atoms with Gasteiger partial charge in [0.1, 0.15) is 5.75 Å². The molecule has 0 saturated carbocycles. The number of hydrogen-bond donors (Lipinski definition) is 2. The monoisotopic (exact) mass is 290 g/mol. The van der Waals surface area contributed by atoms with E-state index in [0.29, 0.717) is 12.2 Å². The van der Waals surface area contributed by atoms with Gasteiger partial charge in [-0.1, -0.05) is 11.2 Å². The Balaban J connectivity index is 2.08. The summed E-state index contributed by atoms with van der Waals surface area (Å²) < 4.78 is 5.87. The summed E-state index contributed by atoms with van der Waals surface area (Å²) in [5, 5.41) is 13.8. The molecule has 0 atom stereocenters. The van der Waals surface area contributed by atoms with Crippen molar-refractivity contribution >= 4 is 17.2 Å². The van der Waals surface area contributed by atoms with Crippen LogP contribution in [0.2, 0.25) is 0 Å². The van der Waals surface area contributed by atoms with E-state index < -0.39 is 0 Å². The van der Waals surface area contributed by atoms with Gasteiger partial charge in [0.15, 0.2) is 5.84 Å². The molecule has 0 fully saturated rings. The van der Waals surface area contributed by atoms with E-state index in [1.807, 2.05) is 32.0 Å². The molecule has 3 N–H and O–H groups in total. The van der Waals surface area contributed by atoms with Crippen LogP contribution in [0.3, 0.4) is 0 Å². The summed E-state index contributed by atoms with van der Waals surface area (Å²) in [5.74, 6) is 0.984. The summed E-state index contributed by atoms with van der Waals surface area (Å²) in [7, 11) is 0. The van der Waals surface area contributed by atoms with Crippen LogP contribution in [-0.4, -0.2) is 17.6 Å². The van der Waals surface area contributed by atoms with Gasteiger partial charge in [-0.05, 0) is 48.6 Å². The number of thiophene rings is 1. The van der Waals surface area contributed by atoms with E-state index in [2.05, 4.69) is 16.6 Å². The van der Waals surface area contributed by atoms with Crippen LogP contribution in [0.15, 0.2) is 34.8 Å². The van der Waals surface area contributed by atoms with Crippen molar-refractivity contribution in [3.05, 3.63) is 51.2 Å². The summed E-state index contributed by atoms with van der Waals surface area (Å²) in [6, 6.07) is 7.88. The fraction of sp³-hybridized carbons (Fsp3) is 0.267. The third kappa shape index (κ3) is 3.30. The molecule has 0 spiro atoms. The highest BCUT2D eigenvalue weighted by Crippen LogP contribution is 2.25. The van der Waals surface area contributed by atoms with E-state index in [1.165, 1.54) is 4.88 Å². The highest BCUT2D eigenvalue weighted by molar-refractivity contribution is 7.09. The average Bonchev–Trinajstić information content (AvgIpc) is 2.93. The Labute approximate surface area is 122 Å². The molecule has 0 unspecified atom stereocenters. The van der Waals surface area contributed by atoms with Crippen molar-refractivity contribution in [1.82, 2.24) is 0 Å². The molecule has 1 heterocycles. The van der Waals surface area contributed by atoms with E-state index in [4.69, 9.17) is 15.7 Å². The Kier molecular flexibility index (Phi) is 4.63. The van der Waals surface area contributed by atoms with Crippen LogP contribution in [0.4, 0.5) is 0 Å². The molecule has 20 heavy (non-hydrogen) atoms. The molecule has 106 valence electrons. The Morgan fingerprint density at radius 3 is 2.60 bits per heavy atom. The second kappa shape index (κ2) is 6.43. The predicted octanol–water partition coefficient (Wildman–Crippen LogP) is 3.08. The zero-order chi connectivity index (χ0) is 14.5. The number of amidine groups is 1. The summed E-state index contributed by atoms with van der Waals surface area (Å²) in [6.07, 6.45) is 0.901. The van der Waals surface area contributed by atoms with Gasteiger partial charge in [0.2, 0.25) is 0 Å². The molecule has 0 radical (unpaired) electrons. The molecule has 4 nitrogen and oxygen atoms in total. The number of rotatable bonds is 5. The molecular weight excluding hydrogens is 272 g/mol. The Bertz CT molecular complexity index is 583. The van der Waals surface area contributed by atoms with Gasteiger partial charge in [-0.25, -0.2) is 0 Å². The van der Waals surface area contributed by atoms with Crippen molar-refractivity contribution in [2.24, 2.45) is 10.9 Å². The van der Waals surface area contributed by atoms with Crippen molar-refractivity contribution in [1.29, 1.82) is 0 Å². The van der Waals surface area contributed by atoms with Crippen molar-refractivity contribution in [2.75, 3.05) is 6.61 Å². The smallest absolute Gasteiger partial charge is 0.170 e. The van der Waals surface area contributed by atoms with Crippen LogP contribution in [0.25, 0.3) is 0 Å². The van der Waals surface area contributed by atoms with E-state index >= 15 is 0 Å². The van der Waals surface area contributed by atoms with Gasteiger partial charge >= 0.3 is 0 Å². The van der Waals surface area contributed by atoms with E-state index in [9.17, 15) is 0 Å². The zero-order valence-electron chi connectivity index (χ0n) is 11.6. The minimum atomic E-state index is 0.112. The number of nitrogens with two attached hydrogens (primary N) is 1. The first-order valence-electron chi connectivity index (χ1n) is 6.36. The lowest BCUT2D eigenvalue weighted by Gasteiger charge is -2.13. The maximum absolute atomic E-state index is 8.72. The summed E-state index contributed by atoms with van der Waals surface area (Å²) in [5.41, 5.74) is 8.28. The topological polar surface area (TPSA) is 67.8 Å². The standard InChI is InChI=1S/C15H18N2O2S/c1-10-8-12(15(16)17-18)9-11(2)14(10)19-6-5-13-4-3-7-20-13/h3-4,7-9,18H,5-6H2,1-2H3,(H2,16,17). The average molecular weight is 290 g/mol. The van der Waals surface area contributed by atoms with Gasteiger partial charge in [0.25, 0.3) is 0 Å². The van der Waals surface area contributed by atoms with Gasteiger partial charge in [0.05, 0.1) is 6.61 Å². The second-order valence-electron chi connectivity index (χ2n) is 4.60. The number of oxime groups is 1. The number of benzene rings is 1. The summed E-state index contributed by atoms with van der Waals surface area (Å²) in [6.45, 7) is 4.56. The minimum absolute atomic E-state index is 0.112. The first-order valence-corrected chi connectivity index (χ1v) is 7.24. The highest BCUT2D eigenvalue weighted by Gasteiger charge is 2.09. The first-order chi connectivity index (χ1) is 9.61. The highest BCUT2D eigenvalue weighted by atomic mass is 32.1. The predicted molar refractivity (Wildman–Crippen MR) is 81.9 cm³/mol. The molecule has 1 aromatic carbocycles. The number of ether oxygens (including phenoxy) is 1. The molecule has 2 rings (SSSR count). The third-order valence-electron chi connectivity index (χ3n) is 3.04. The van der Waals surface area contributed by atoms with Crippen molar-refractivity contribution in [3.8, 4) is 5.75 Å². The maximum Gasteiger partial charge on any atom is 0.170 e. The van der Waals surface area contributed by atoms with Crippen LogP contribution < -0.4 is 10.5 Å². The Morgan fingerprint density at radius 1 is 1.35 bits per heavy atom. The molecule has 0 aliphatic carbocycles. The van der Waals surface area contributed by atoms with Crippen LogP contribution >= 0.6 is 11.3 Å². The number of hydrogen-bond acceptors (Lipinski definition) is 4. The number of aryl methyl sites for hydroxylation is 2. The number of nitrogens with zero attached hydrogens (tertiary/aromatic N) is 1. The molecule has 1 aromatic heterocycles. The largest absolute Gasteiger partial charge is 0.493 e. The molecule has 0 bridgehead atoms. The Morgan fingerprint density at radius 2 is 2.05 bits per heavy atom. The van der Waals surface area contributed by atoms with E-state index in [1.54, 1.807) is 11.3 Å². The summed E-state index contributed by atoms with van der Waals surface area (Å²) >= 11 is 1.74. The van der Waals surface area contributed by atoms with Crippen LogP contribution in [0.5, 0.6) is 5.75 Å². The van der Waals surface area contributed by atoms with E-state index in [-0.39, 0.29) is 5.84 Å². The quantitative estimate of drug-likeness (QED) is 0.385. The SMILES string of the molecule is Cc1cc(C(N)=NO)cc(C)c1OCCc1cccs1. The molecule has 0 saturated heterocycles. The van der Waals surface area contributed by atoms with Gasteiger partial charge < -0.3 is 15.7 Å². The van der Waals surface area contributed by atoms with E-state index in [0.717, 1.165) is 23.3 Å². The molecule has 0 amide bonds. The molecule has 5 heteroatoms. The van der Waals surface area contributed by atoms with Gasteiger partial charge in [0, 0.05) is 16.9 Å². The Hall–Kier alpha value is -2.01. The molecule has 2 aromatic rings.